The van der Waals surface area contributed by atoms with Crippen LogP contribution in [-0.4, -0.2) is 39.3 Å². The van der Waals surface area contributed by atoms with Gasteiger partial charge in [0, 0.05) is 18.7 Å². The largest absolute Gasteiger partial charge is 0.490 e. The fourth-order valence-electron chi connectivity index (χ4n) is 2.07. The van der Waals surface area contributed by atoms with Crippen LogP contribution in [0.3, 0.4) is 0 Å². The summed E-state index contributed by atoms with van der Waals surface area (Å²) in [5.41, 5.74) is 0.684. The first-order valence-corrected chi connectivity index (χ1v) is 7.42. The van der Waals surface area contributed by atoms with Crippen LogP contribution in [0.15, 0.2) is 18.2 Å². The van der Waals surface area contributed by atoms with Gasteiger partial charge in [-0.15, -0.1) is 12.4 Å². The fourth-order valence-corrected chi connectivity index (χ4v) is 2.30. The Hall–Kier alpha value is -1.01. The van der Waals surface area contributed by atoms with Gasteiger partial charge in [0.25, 0.3) is 0 Å². The smallest absolute Gasteiger partial charge is 0.227 e. The Kier molecular flexibility index (Phi) is 7.96. The number of ether oxygens (including phenoxy) is 2. The van der Waals surface area contributed by atoms with Crippen molar-refractivity contribution in [3.63, 3.8) is 0 Å². The molecule has 124 valence electrons. The summed E-state index contributed by atoms with van der Waals surface area (Å²) < 4.78 is 10.4. The molecule has 0 radical (unpaired) electrons. The molecule has 22 heavy (non-hydrogen) atoms. The lowest BCUT2D eigenvalue weighted by molar-refractivity contribution is -0.121. The van der Waals surface area contributed by atoms with E-state index in [2.05, 4.69) is 10.6 Å². The highest BCUT2D eigenvalue weighted by Gasteiger charge is 2.28. The van der Waals surface area contributed by atoms with Gasteiger partial charge in [0.05, 0.1) is 11.6 Å². The predicted molar refractivity (Wildman–Crippen MR) is 90.2 cm³/mol. The van der Waals surface area contributed by atoms with Crippen LogP contribution in [0.25, 0.3) is 0 Å². The van der Waals surface area contributed by atoms with Gasteiger partial charge < -0.3 is 20.1 Å². The highest BCUT2D eigenvalue weighted by molar-refractivity contribution is 6.32. The first-order valence-electron chi connectivity index (χ1n) is 7.04. The Balaban J connectivity index is 0.00000242. The molecule has 1 saturated heterocycles. The zero-order valence-corrected chi connectivity index (χ0v) is 14.3. The van der Waals surface area contributed by atoms with Gasteiger partial charge in [0.1, 0.15) is 12.4 Å². The van der Waals surface area contributed by atoms with E-state index in [1.165, 1.54) is 0 Å². The van der Waals surface area contributed by atoms with Gasteiger partial charge in [-0.25, -0.2) is 0 Å². The zero-order chi connectivity index (χ0) is 15.2. The maximum Gasteiger partial charge on any atom is 0.227 e. The molecule has 0 aromatic heterocycles. The van der Waals surface area contributed by atoms with E-state index in [1.807, 2.05) is 6.92 Å². The van der Waals surface area contributed by atoms with E-state index < -0.39 is 0 Å². The van der Waals surface area contributed by atoms with Gasteiger partial charge >= 0.3 is 0 Å². The van der Waals surface area contributed by atoms with E-state index in [0.29, 0.717) is 35.6 Å². The second-order valence-corrected chi connectivity index (χ2v) is 5.59. The highest BCUT2D eigenvalue weighted by Crippen LogP contribution is 2.28. The number of anilines is 1. The van der Waals surface area contributed by atoms with Crippen LogP contribution >= 0.6 is 24.0 Å². The molecule has 2 N–H and O–H groups in total. The van der Waals surface area contributed by atoms with Crippen LogP contribution in [0.1, 0.15) is 6.92 Å². The number of methoxy groups -OCH3 is 1. The molecule has 0 aliphatic carbocycles. The van der Waals surface area contributed by atoms with E-state index in [-0.39, 0.29) is 24.2 Å². The molecular weight excluding hydrogens is 327 g/mol. The lowest BCUT2D eigenvalue weighted by Crippen LogP contribution is -2.48. The van der Waals surface area contributed by atoms with Crippen LogP contribution in [-0.2, 0) is 9.53 Å². The summed E-state index contributed by atoms with van der Waals surface area (Å²) in [4.78, 5) is 12.1. The van der Waals surface area contributed by atoms with E-state index in [9.17, 15) is 4.79 Å². The summed E-state index contributed by atoms with van der Waals surface area (Å²) in [6, 6.07) is 5.24. The van der Waals surface area contributed by atoms with E-state index in [0.717, 1.165) is 13.1 Å². The number of hydrogen-bond acceptors (Lipinski definition) is 4. The average molecular weight is 349 g/mol. The molecule has 1 aliphatic heterocycles. The third-order valence-corrected chi connectivity index (χ3v) is 3.97. The zero-order valence-electron chi connectivity index (χ0n) is 12.7. The number of carbonyl (C=O) groups excluding carboxylic acids is 1. The van der Waals surface area contributed by atoms with E-state index in [1.54, 1.807) is 25.3 Å². The molecule has 0 bridgehead atoms. The summed E-state index contributed by atoms with van der Waals surface area (Å²) in [5.74, 6) is 1.01. The van der Waals surface area contributed by atoms with Gasteiger partial charge in [-0.05, 0) is 37.2 Å². The minimum absolute atomic E-state index is 0. The number of amides is 1. The maximum absolute atomic E-state index is 12.1. The van der Waals surface area contributed by atoms with Gasteiger partial charge in [-0.3, -0.25) is 4.79 Å². The summed E-state index contributed by atoms with van der Waals surface area (Å²) in [6.07, 6.45) is 0. The summed E-state index contributed by atoms with van der Waals surface area (Å²) in [5, 5.41) is 6.54. The first-order chi connectivity index (χ1) is 10.1. The van der Waals surface area contributed by atoms with Crippen LogP contribution in [0.2, 0.25) is 5.02 Å². The highest BCUT2D eigenvalue weighted by atomic mass is 35.5. The lowest BCUT2D eigenvalue weighted by Gasteiger charge is -2.31. The minimum atomic E-state index is -0.0114. The molecule has 1 aromatic rings. The molecular formula is C15H22Cl2N2O3. The molecule has 1 aliphatic rings. The molecule has 2 rings (SSSR count). The Morgan fingerprint density at radius 3 is 2.73 bits per heavy atom. The van der Waals surface area contributed by atoms with Crippen molar-refractivity contribution < 1.29 is 14.3 Å². The molecule has 1 fully saturated rings. The Bertz CT molecular complexity index is 496. The molecule has 1 amide bonds. The Morgan fingerprint density at radius 1 is 1.45 bits per heavy atom. The lowest BCUT2D eigenvalue weighted by atomic mass is 9.88. The van der Waals surface area contributed by atoms with Gasteiger partial charge in [-0.2, -0.15) is 0 Å². The number of carbonyl (C=O) groups is 1. The molecule has 1 atom stereocenters. The molecule has 7 heteroatoms. The SMILES string of the molecule is COCCOc1ccc(NC(=O)C(C)C2CNC2)cc1Cl.Cl. The second kappa shape index (κ2) is 9.20. The summed E-state index contributed by atoms with van der Waals surface area (Å²) in [7, 11) is 1.61. The third kappa shape index (κ3) is 5.02. The molecule has 1 unspecified atom stereocenters. The maximum atomic E-state index is 12.1. The molecule has 1 heterocycles. The Morgan fingerprint density at radius 2 is 2.18 bits per heavy atom. The number of hydrogen-bond donors (Lipinski definition) is 2. The third-order valence-electron chi connectivity index (χ3n) is 3.68. The average Bonchev–Trinajstić information content (AvgIpc) is 2.39. The molecule has 0 spiro atoms. The van der Waals surface area contributed by atoms with Crippen LogP contribution in [0, 0.1) is 11.8 Å². The van der Waals surface area contributed by atoms with Crippen molar-refractivity contribution >= 4 is 35.6 Å². The standard InChI is InChI=1S/C15H21ClN2O3.ClH/c1-10(11-8-17-9-11)15(19)18-12-3-4-14(13(16)7-12)21-6-5-20-2;/h3-4,7,10-11,17H,5-6,8-9H2,1-2H3,(H,18,19);1H. The Labute approximate surface area is 142 Å². The predicted octanol–water partition coefficient (Wildman–Crippen LogP) is 2.58. The van der Waals surface area contributed by atoms with Crippen molar-refractivity contribution in [2.45, 2.75) is 6.92 Å². The fraction of sp³-hybridized carbons (Fsp3) is 0.533. The van der Waals surface area contributed by atoms with E-state index >= 15 is 0 Å². The van der Waals surface area contributed by atoms with Crippen LogP contribution in [0.4, 0.5) is 5.69 Å². The van der Waals surface area contributed by atoms with Crippen molar-refractivity contribution in [3.8, 4) is 5.75 Å². The van der Waals surface area contributed by atoms with Gasteiger partial charge in [0.2, 0.25) is 5.91 Å². The van der Waals surface area contributed by atoms with Crippen molar-refractivity contribution in [3.05, 3.63) is 23.2 Å². The van der Waals surface area contributed by atoms with Crippen molar-refractivity contribution in [1.29, 1.82) is 0 Å². The van der Waals surface area contributed by atoms with Crippen molar-refractivity contribution in [2.75, 3.05) is 38.7 Å². The topological polar surface area (TPSA) is 59.6 Å². The quantitative estimate of drug-likeness (QED) is 0.743. The van der Waals surface area contributed by atoms with E-state index in [4.69, 9.17) is 21.1 Å². The summed E-state index contributed by atoms with van der Waals surface area (Å²) in [6.45, 7) is 4.70. The van der Waals surface area contributed by atoms with Crippen molar-refractivity contribution in [1.82, 2.24) is 5.32 Å². The van der Waals surface area contributed by atoms with Crippen LogP contribution < -0.4 is 15.4 Å². The number of rotatable bonds is 7. The number of benzene rings is 1. The second-order valence-electron chi connectivity index (χ2n) is 5.18. The number of nitrogens with one attached hydrogen (secondary N) is 2. The van der Waals surface area contributed by atoms with Gasteiger partial charge in [-0.1, -0.05) is 18.5 Å². The van der Waals surface area contributed by atoms with Crippen molar-refractivity contribution in [2.24, 2.45) is 11.8 Å². The minimum Gasteiger partial charge on any atom is -0.490 e. The molecule has 1 aromatic carbocycles. The molecule has 0 saturated carbocycles. The van der Waals surface area contributed by atoms with Crippen LogP contribution in [0.5, 0.6) is 5.75 Å². The normalized spacial score (nSPS) is 15.4. The van der Waals surface area contributed by atoms with Gasteiger partial charge in [0.15, 0.2) is 0 Å². The monoisotopic (exact) mass is 348 g/mol. The first kappa shape index (κ1) is 19.0. The molecule has 5 nitrogen and oxygen atoms in total. The number of halogens is 2. The summed E-state index contributed by atoms with van der Waals surface area (Å²) >= 11 is 6.15.